The second-order valence-corrected chi connectivity index (χ2v) is 7.08. The van der Waals surface area contributed by atoms with E-state index in [9.17, 15) is 14.4 Å². The highest BCUT2D eigenvalue weighted by Crippen LogP contribution is 2.32. The molecule has 0 saturated carbocycles. The molecule has 6 heteroatoms. The number of hydrogen-bond acceptors (Lipinski definition) is 4. The summed E-state index contributed by atoms with van der Waals surface area (Å²) in [6.45, 7) is 4.79. The van der Waals surface area contributed by atoms with Crippen LogP contribution < -0.4 is 10.2 Å². The van der Waals surface area contributed by atoms with Crippen molar-refractivity contribution in [3.8, 4) is 0 Å². The Bertz CT molecular complexity index is 730. The predicted molar refractivity (Wildman–Crippen MR) is 88.5 cm³/mol. The number of nitrogens with one attached hydrogen (secondary N) is 1. The zero-order chi connectivity index (χ0) is 16.8. The average molecular weight is 327 g/mol. The number of amides is 3. The van der Waals surface area contributed by atoms with Gasteiger partial charge in [-0.05, 0) is 42.5 Å². The molecule has 126 valence electrons. The van der Waals surface area contributed by atoms with Gasteiger partial charge in [0.1, 0.15) is 6.04 Å². The smallest absolute Gasteiger partial charge is 0.255 e. The maximum Gasteiger partial charge on any atom is 0.255 e. The molecule has 0 radical (unpaired) electrons. The lowest BCUT2D eigenvalue weighted by Gasteiger charge is -2.29. The van der Waals surface area contributed by atoms with Crippen LogP contribution in [0.4, 0.5) is 5.69 Å². The number of carbonyl (C=O) groups is 3. The monoisotopic (exact) mass is 327 g/mol. The molecule has 3 aliphatic heterocycles. The van der Waals surface area contributed by atoms with Crippen LogP contribution in [0.3, 0.4) is 0 Å². The van der Waals surface area contributed by atoms with Crippen LogP contribution in [0.5, 0.6) is 0 Å². The van der Waals surface area contributed by atoms with Gasteiger partial charge >= 0.3 is 0 Å². The molecule has 4 rings (SSSR count). The lowest BCUT2D eigenvalue weighted by Crippen LogP contribution is -2.52. The summed E-state index contributed by atoms with van der Waals surface area (Å²) < 4.78 is 0. The zero-order valence-electron chi connectivity index (χ0n) is 13.7. The Hall–Kier alpha value is -2.37. The molecule has 1 aromatic rings. The van der Waals surface area contributed by atoms with Crippen molar-refractivity contribution in [1.29, 1.82) is 0 Å². The second kappa shape index (κ2) is 5.61. The molecule has 1 unspecified atom stereocenters. The number of carbonyl (C=O) groups excluding carboxylic acids is 3. The van der Waals surface area contributed by atoms with Crippen molar-refractivity contribution in [1.82, 2.24) is 10.2 Å². The highest BCUT2D eigenvalue weighted by molar-refractivity contribution is 6.05. The lowest BCUT2D eigenvalue weighted by atomic mass is 10.0. The Balaban J connectivity index is 1.56. The zero-order valence-corrected chi connectivity index (χ0v) is 13.7. The van der Waals surface area contributed by atoms with E-state index in [0.29, 0.717) is 24.4 Å². The normalized spacial score (nSPS) is 26.8. The molecule has 0 aliphatic carbocycles. The molecule has 24 heavy (non-hydrogen) atoms. The van der Waals surface area contributed by atoms with E-state index in [1.807, 2.05) is 12.1 Å². The molecule has 6 nitrogen and oxygen atoms in total. The fourth-order valence-electron chi connectivity index (χ4n) is 3.93. The summed E-state index contributed by atoms with van der Waals surface area (Å²) in [5.74, 6) is -0.0347. The summed E-state index contributed by atoms with van der Waals surface area (Å²) in [6, 6.07) is 5.42. The largest absolute Gasteiger partial charge is 0.371 e. The third kappa shape index (κ3) is 2.46. The van der Waals surface area contributed by atoms with E-state index >= 15 is 0 Å². The summed E-state index contributed by atoms with van der Waals surface area (Å²) in [6.07, 6.45) is 1.88. The lowest BCUT2D eigenvalue weighted by molar-refractivity contribution is -0.136. The van der Waals surface area contributed by atoms with Gasteiger partial charge in [-0.2, -0.15) is 0 Å². The van der Waals surface area contributed by atoms with Crippen LogP contribution in [0.15, 0.2) is 18.2 Å². The van der Waals surface area contributed by atoms with Crippen LogP contribution >= 0.6 is 0 Å². The average Bonchev–Trinajstić information content (AvgIpc) is 3.11. The van der Waals surface area contributed by atoms with E-state index in [-0.39, 0.29) is 24.1 Å². The van der Waals surface area contributed by atoms with Crippen molar-refractivity contribution < 1.29 is 14.4 Å². The van der Waals surface area contributed by atoms with E-state index in [0.717, 1.165) is 24.3 Å². The van der Waals surface area contributed by atoms with E-state index in [1.54, 1.807) is 4.90 Å². The molecule has 0 aromatic heterocycles. The predicted octanol–water partition coefficient (Wildman–Crippen LogP) is 1.29. The van der Waals surface area contributed by atoms with Crippen LogP contribution in [0.25, 0.3) is 0 Å². The Morgan fingerprint density at radius 1 is 1.17 bits per heavy atom. The molecule has 2 atom stereocenters. The number of fused-ring (bicyclic) bond motifs is 1. The van der Waals surface area contributed by atoms with Gasteiger partial charge in [0.15, 0.2) is 0 Å². The number of hydrogen-bond donors (Lipinski definition) is 1. The highest BCUT2D eigenvalue weighted by atomic mass is 16.2. The van der Waals surface area contributed by atoms with Crippen molar-refractivity contribution >= 4 is 23.4 Å². The minimum Gasteiger partial charge on any atom is -0.371 e. The maximum atomic E-state index is 12.7. The molecule has 0 spiro atoms. The number of piperidine rings is 1. The number of anilines is 1. The van der Waals surface area contributed by atoms with Gasteiger partial charge in [-0.3, -0.25) is 19.7 Å². The summed E-state index contributed by atoms with van der Waals surface area (Å²) in [7, 11) is 0. The first kappa shape index (κ1) is 15.2. The maximum absolute atomic E-state index is 12.7. The minimum atomic E-state index is -0.544. The van der Waals surface area contributed by atoms with Crippen molar-refractivity contribution in [2.24, 2.45) is 5.92 Å². The molecule has 0 bridgehead atoms. The van der Waals surface area contributed by atoms with Crippen LogP contribution in [0.2, 0.25) is 0 Å². The molecule has 3 aliphatic rings. The number of imide groups is 1. The van der Waals surface area contributed by atoms with Crippen molar-refractivity contribution in [3.05, 3.63) is 29.3 Å². The highest BCUT2D eigenvalue weighted by Gasteiger charge is 2.39. The van der Waals surface area contributed by atoms with Gasteiger partial charge in [0.25, 0.3) is 5.91 Å². The molecular formula is C18H21N3O3. The molecule has 3 amide bonds. The van der Waals surface area contributed by atoms with Crippen molar-refractivity contribution in [3.63, 3.8) is 0 Å². The van der Waals surface area contributed by atoms with Crippen LogP contribution in [0.1, 0.15) is 42.1 Å². The van der Waals surface area contributed by atoms with Gasteiger partial charge in [-0.1, -0.05) is 6.92 Å². The van der Waals surface area contributed by atoms with Gasteiger partial charge in [-0.25, -0.2) is 0 Å². The van der Waals surface area contributed by atoms with Gasteiger partial charge in [-0.15, -0.1) is 0 Å². The topological polar surface area (TPSA) is 69.7 Å². The van der Waals surface area contributed by atoms with Crippen molar-refractivity contribution in [2.45, 2.75) is 38.8 Å². The van der Waals surface area contributed by atoms with Gasteiger partial charge in [0, 0.05) is 37.3 Å². The third-order valence-electron chi connectivity index (χ3n) is 5.30. The SMILES string of the molecule is C[C@@H]1CCN(c2ccc3c(c2)CN(C2CCC(=O)NC2=O)C3=O)C1. The minimum absolute atomic E-state index is 0.110. The number of nitrogens with zero attached hydrogens (tertiary/aromatic N) is 2. The molecule has 2 saturated heterocycles. The van der Waals surface area contributed by atoms with Crippen LogP contribution in [0, 0.1) is 5.92 Å². The molecular weight excluding hydrogens is 306 g/mol. The van der Waals surface area contributed by atoms with E-state index in [1.165, 1.54) is 6.42 Å². The van der Waals surface area contributed by atoms with Gasteiger partial charge < -0.3 is 9.80 Å². The number of benzene rings is 1. The molecule has 2 fully saturated rings. The van der Waals surface area contributed by atoms with E-state index in [2.05, 4.69) is 23.2 Å². The number of rotatable bonds is 2. The first-order valence-electron chi connectivity index (χ1n) is 8.55. The van der Waals surface area contributed by atoms with Gasteiger partial charge in [0.05, 0.1) is 0 Å². The summed E-state index contributed by atoms with van der Waals surface area (Å²) in [4.78, 5) is 40.0. The first-order chi connectivity index (χ1) is 11.5. The van der Waals surface area contributed by atoms with Crippen molar-refractivity contribution in [2.75, 3.05) is 18.0 Å². The summed E-state index contributed by atoms with van der Waals surface area (Å²) in [5, 5.41) is 2.33. The fourth-order valence-corrected chi connectivity index (χ4v) is 3.93. The quantitative estimate of drug-likeness (QED) is 0.831. The second-order valence-electron chi connectivity index (χ2n) is 7.08. The van der Waals surface area contributed by atoms with Gasteiger partial charge in [0.2, 0.25) is 11.8 Å². The Labute approximate surface area is 140 Å². The Morgan fingerprint density at radius 2 is 2.00 bits per heavy atom. The molecule has 1 N–H and O–H groups in total. The third-order valence-corrected chi connectivity index (χ3v) is 5.30. The molecule has 1 aromatic carbocycles. The van der Waals surface area contributed by atoms with Crippen LogP contribution in [-0.4, -0.2) is 41.8 Å². The standard InChI is InChI=1S/C18H21N3O3/c1-11-6-7-20(9-11)13-2-3-14-12(8-13)10-21(18(14)24)15-4-5-16(22)19-17(15)23/h2-3,8,11,15H,4-7,9-10H2,1H3,(H,19,22,23)/t11-,15?/m1/s1. The first-order valence-corrected chi connectivity index (χ1v) is 8.55. The summed E-state index contributed by atoms with van der Waals surface area (Å²) >= 11 is 0. The summed E-state index contributed by atoms with van der Waals surface area (Å²) in [5.41, 5.74) is 2.80. The fraction of sp³-hybridized carbons (Fsp3) is 0.500. The molecule has 3 heterocycles. The van der Waals surface area contributed by atoms with Crippen LogP contribution in [-0.2, 0) is 16.1 Å². The van der Waals surface area contributed by atoms with E-state index < -0.39 is 6.04 Å². The Kier molecular flexibility index (Phi) is 3.55. The van der Waals surface area contributed by atoms with E-state index in [4.69, 9.17) is 0 Å². The Morgan fingerprint density at radius 3 is 2.71 bits per heavy atom.